The van der Waals surface area contributed by atoms with Gasteiger partial charge >= 0.3 is 0 Å². The van der Waals surface area contributed by atoms with Crippen LogP contribution < -0.4 is 19.9 Å². The highest BCUT2D eigenvalue weighted by Gasteiger charge is 2.26. The third kappa shape index (κ3) is 3.42. The molecule has 3 aromatic rings. The monoisotopic (exact) mass is 387 g/mol. The van der Waals surface area contributed by atoms with Crippen LogP contribution in [0.4, 0.5) is 11.6 Å². The molecule has 0 aliphatic heterocycles. The molecule has 2 aromatic heterocycles. The van der Waals surface area contributed by atoms with Crippen molar-refractivity contribution in [3.05, 3.63) is 30.2 Å². The number of benzene rings is 1. The lowest BCUT2D eigenvalue weighted by atomic mass is 10.3. The molecule has 3 rings (SSSR count). The van der Waals surface area contributed by atoms with Gasteiger partial charge in [0.25, 0.3) is 5.82 Å². The summed E-state index contributed by atoms with van der Waals surface area (Å²) in [5, 5.41) is 0.705. The zero-order valence-electron chi connectivity index (χ0n) is 15.8. The van der Waals surface area contributed by atoms with E-state index < -0.39 is 0 Å². The molecule has 0 spiro atoms. The summed E-state index contributed by atoms with van der Waals surface area (Å²) >= 11 is 1.45. The number of nitrogen functional groups attached to an aromatic ring is 1. The van der Waals surface area contributed by atoms with Crippen LogP contribution in [0.1, 0.15) is 12.7 Å². The third-order valence-electron chi connectivity index (χ3n) is 4.53. The molecule has 0 unspecified atom stereocenters. The van der Waals surface area contributed by atoms with E-state index >= 15 is 0 Å². The van der Waals surface area contributed by atoms with Gasteiger partial charge in [0.2, 0.25) is 6.41 Å². The minimum Gasteiger partial charge on any atom is -0.497 e. The Bertz CT molecular complexity index is 988. The molecule has 0 fully saturated rings. The fraction of sp³-hybridized carbons (Fsp3) is 0.333. The lowest BCUT2D eigenvalue weighted by Gasteiger charge is -2.16. The first-order valence-electron chi connectivity index (χ1n) is 8.47. The van der Waals surface area contributed by atoms with Crippen LogP contribution in [0, 0.1) is 0 Å². The highest BCUT2D eigenvalue weighted by atomic mass is 32.2. The van der Waals surface area contributed by atoms with E-state index in [1.165, 1.54) is 16.7 Å². The van der Waals surface area contributed by atoms with E-state index in [4.69, 9.17) is 10.5 Å². The SMILES string of the molecule is CCn1c(CN(C=O)c2nc(SC)cnc2N)[n+](C)c2ccc(OC)cc21. The van der Waals surface area contributed by atoms with Crippen LogP contribution in [-0.2, 0) is 24.9 Å². The van der Waals surface area contributed by atoms with Crippen molar-refractivity contribution in [3.8, 4) is 5.75 Å². The van der Waals surface area contributed by atoms with Gasteiger partial charge in [0.15, 0.2) is 22.7 Å². The van der Waals surface area contributed by atoms with E-state index in [2.05, 4.69) is 26.0 Å². The number of carbonyl (C=O) groups excluding carboxylic acids is 1. The lowest BCUT2D eigenvalue weighted by Crippen LogP contribution is -2.38. The maximum absolute atomic E-state index is 11.8. The lowest BCUT2D eigenvalue weighted by molar-refractivity contribution is -0.653. The molecule has 0 saturated carbocycles. The molecule has 2 N–H and O–H groups in total. The number of nitrogens with zero attached hydrogens (tertiary/aromatic N) is 5. The fourth-order valence-corrected chi connectivity index (χ4v) is 3.47. The Labute approximate surface area is 162 Å². The number of hydrogen-bond acceptors (Lipinski definition) is 6. The summed E-state index contributed by atoms with van der Waals surface area (Å²) in [7, 11) is 3.63. The zero-order valence-corrected chi connectivity index (χ0v) is 16.7. The van der Waals surface area contributed by atoms with Crippen LogP contribution in [0.15, 0.2) is 29.4 Å². The summed E-state index contributed by atoms with van der Waals surface area (Å²) in [6, 6.07) is 5.93. The predicted octanol–water partition coefficient (Wildman–Crippen LogP) is 1.75. The zero-order chi connectivity index (χ0) is 19.6. The molecule has 0 saturated heterocycles. The highest BCUT2D eigenvalue weighted by molar-refractivity contribution is 7.98. The van der Waals surface area contributed by atoms with Gasteiger partial charge in [-0.25, -0.2) is 19.1 Å². The van der Waals surface area contributed by atoms with Crippen molar-refractivity contribution in [2.75, 3.05) is 24.0 Å². The largest absolute Gasteiger partial charge is 0.497 e. The minimum atomic E-state index is 0.225. The molecule has 8 nitrogen and oxygen atoms in total. The molecule has 0 aliphatic carbocycles. The molecule has 9 heteroatoms. The van der Waals surface area contributed by atoms with E-state index in [9.17, 15) is 4.79 Å². The van der Waals surface area contributed by atoms with Gasteiger partial charge in [-0.3, -0.25) is 9.69 Å². The van der Waals surface area contributed by atoms with Crippen LogP contribution in [0.5, 0.6) is 5.75 Å². The van der Waals surface area contributed by atoms with Gasteiger partial charge in [0.1, 0.15) is 17.3 Å². The summed E-state index contributed by atoms with van der Waals surface area (Å²) < 4.78 is 9.57. The smallest absolute Gasteiger partial charge is 0.277 e. The number of carbonyl (C=O) groups is 1. The summed E-state index contributed by atoms with van der Waals surface area (Å²) in [5.74, 6) is 2.33. The number of fused-ring (bicyclic) bond motifs is 1. The number of anilines is 2. The summed E-state index contributed by atoms with van der Waals surface area (Å²) in [6.45, 7) is 3.14. The molecular weight excluding hydrogens is 364 g/mol. The second kappa shape index (κ2) is 7.83. The van der Waals surface area contributed by atoms with Crippen molar-refractivity contribution in [2.45, 2.75) is 25.0 Å². The van der Waals surface area contributed by atoms with E-state index in [1.54, 1.807) is 13.3 Å². The van der Waals surface area contributed by atoms with Crippen molar-refractivity contribution < 1.29 is 14.1 Å². The Morgan fingerprint density at radius 2 is 2.22 bits per heavy atom. The topological polar surface area (TPSA) is 90.2 Å². The van der Waals surface area contributed by atoms with Crippen molar-refractivity contribution >= 4 is 40.8 Å². The molecular formula is C18H23N6O2S+. The molecule has 142 valence electrons. The number of hydrogen-bond donors (Lipinski definition) is 1. The first kappa shape index (κ1) is 19.0. The number of amides is 1. The molecule has 0 atom stereocenters. The van der Waals surface area contributed by atoms with E-state index in [1.807, 2.05) is 31.5 Å². The number of aryl methyl sites for hydroxylation is 2. The van der Waals surface area contributed by atoms with Gasteiger partial charge in [-0.2, -0.15) is 0 Å². The number of aromatic nitrogens is 4. The molecule has 0 bridgehead atoms. The van der Waals surface area contributed by atoms with Crippen LogP contribution in [0.3, 0.4) is 0 Å². The number of ether oxygens (including phenoxy) is 1. The molecule has 0 radical (unpaired) electrons. The molecule has 2 heterocycles. The first-order chi connectivity index (χ1) is 13.0. The average molecular weight is 387 g/mol. The van der Waals surface area contributed by atoms with Crippen molar-refractivity contribution in [3.63, 3.8) is 0 Å². The molecule has 27 heavy (non-hydrogen) atoms. The van der Waals surface area contributed by atoms with Gasteiger partial charge in [-0.1, -0.05) is 0 Å². The van der Waals surface area contributed by atoms with Gasteiger partial charge in [-0.05, 0) is 25.3 Å². The maximum atomic E-state index is 11.8. The van der Waals surface area contributed by atoms with E-state index in [0.717, 1.165) is 35.6 Å². The van der Waals surface area contributed by atoms with Crippen molar-refractivity contribution in [1.29, 1.82) is 0 Å². The molecule has 0 aliphatic rings. The summed E-state index contributed by atoms with van der Waals surface area (Å²) in [6.07, 6.45) is 4.24. The third-order valence-corrected chi connectivity index (χ3v) is 5.14. The number of imidazole rings is 1. The first-order valence-corrected chi connectivity index (χ1v) is 9.70. The van der Waals surface area contributed by atoms with Gasteiger partial charge in [0.05, 0.1) is 26.9 Å². The Kier molecular flexibility index (Phi) is 5.50. The Balaban J connectivity index is 2.09. The second-order valence-electron chi connectivity index (χ2n) is 5.93. The maximum Gasteiger partial charge on any atom is 0.277 e. The standard InChI is InChI=1S/C18H23N6O2S/c1-5-24-14-8-12(26-3)6-7-13(14)22(2)16(24)10-23(11-25)18-17(19)20-9-15(21-18)27-4/h6-9,11H,5,10H2,1-4H3,(H2,19,20)/q+1. The van der Waals surface area contributed by atoms with Crippen LogP contribution in [0.25, 0.3) is 11.0 Å². The Morgan fingerprint density at radius 3 is 2.85 bits per heavy atom. The van der Waals surface area contributed by atoms with Crippen molar-refractivity contribution in [1.82, 2.24) is 14.5 Å². The molecule has 1 amide bonds. The van der Waals surface area contributed by atoms with Crippen LogP contribution in [-0.4, -0.2) is 34.3 Å². The minimum absolute atomic E-state index is 0.225. The average Bonchev–Trinajstić information content (AvgIpc) is 2.96. The van der Waals surface area contributed by atoms with E-state index in [-0.39, 0.29) is 5.82 Å². The number of rotatable bonds is 7. The second-order valence-corrected chi connectivity index (χ2v) is 6.76. The van der Waals surface area contributed by atoms with Crippen molar-refractivity contribution in [2.24, 2.45) is 7.05 Å². The quantitative estimate of drug-likeness (QED) is 0.377. The van der Waals surface area contributed by atoms with Crippen LogP contribution in [0.2, 0.25) is 0 Å². The van der Waals surface area contributed by atoms with Gasteiger partial charge in [-0.15, -0.1) is 11.8 Å². The normalized spacial score (nSPS) is 11.0. The van der Waals surface area contributed by atoms with E-state index in [0.29, 0.717) is 17.4 Å². The van der Waals surface area contributed by atoms with Crippen LogP contribution >= 0.6 is 11.8 Å². The predicted molar refractivity (Wildman–Crippen MR) is 106 cm³/mol. The number of methoxy groups -OCH3 is 1. The summed E-state index contributed by atoms with van der Waals surface area (Å²) in [5.41, 5.74) is 8.07. The summed E-state index contributed by atoms with van der Waals surface area (Å²) in [4.78, 5) is 21.9. The Morgan fingerprint density at radius 1 is 1.44 bits per heavy atom. The Hall–Kier alpha value is -2.81. The highest BCUT2D eigenvalue weighted by Crippen LogP contribution is 2.25. The molecule has 1 aromatic carbocycles. The fourth-order valence-electron chi connectivity index (χ4n) is 3.13. The number of nitrogens with two attached hydrogens (primary N) is 1. The van der Waals surface area contributed by atoms with Gasteiger partial charge < -0.3 is 10.5 Å². The number of thioether (sulfide) groups is 1. The van der Waals surface area contributed by atoms with Gasteiger partial charge in [0, 0.05) is 6.07 Å².